The predicted octanol–water partition coefficient (Wildman–Crippen LogP) is 2.95. The van der Waals surface area contributed by atoms with E-state index >= 15 is 0 Å². The highest BCUT2D eigenvalue weighted by Gasteiger charge is 2.44. The molecule has 3 saturated heterocycles. The Morgan fingerprint density at radius 2 is 1.97 bits per heavy atom. The van der Waals surface area contributed by atoms with Crippen LogP contribution < -0.4 is 0 Å². The molecular formula is C25H27N5O2. The Kier molecular flexibility index (Phi) is 4.70. The molecule has 3 fully saturated rings. The van der Waals surface area contributed by atoms with Crippen molar-refractivity contribution in [3.63, 3.8) is 0 Å². The Morgan fingerprint density at radius 1 is 1.09 bits per heavy atom. The second-order valence-corrected chi connectivity index (χ2v) is 9.50. The summed E-state index contributed by atoms with van der Waals surface area (Å²) < 4.78 is 2.01. The number of fused-ring (bicyclic) bond motifs is 5. The molecule has 3 atom stereocenters. The molecular weight excluding hydrogens is 402 g/mol. The number of hydrogen-bond donors (Lipinski definition) is 0. The summed E-state index contributed by atoms with van der Waals surface area (Å²) in [5, 5.41) is 0. The quantitative estimate of drug-likeness (QED) is 0.642. The highest BCUT2D eigenvalue weighted by molar-refractivity contribution is 5.96. The molecule has 2 bridgehead atoms. The molecule has 2 amide bonds. The number of nitrogens with zero attached hydrogens (tertiary/aromatic N) is 5. The van der Waals surface area contributed by atoms with Crippen molar-refractivity contribution in [1.29, 1.82) is 0 Å². The second kappa shape index (κ2) is 7.73. The maximum atomic E-state index is 13.4. The zero-order chi connectivity index (χ0) is 21.7. The molecule has 32 heavy (non-hydrogen) atoms. The largest absolute Gasteiger partial charge is 0.339 e. The Morgan fingerprint density at radius 3 is 2.84 bits per heavy atom. The normalized spacial score (nSPS) is 25.1. The van der Waals surface area contributed by atoms with Gasteiger partial charge in [-0.25, -0.2) is 9.97 Å². The van der Waals surface area contributed by atoms with Crippen LogP contribution in [0.1, 0.15) is 41.6 Å². The lowest BCUT2D eigenvalue weighted by Gasteiger charge is -2.52. The van der Waals surface area contributed by atoms with Crippen LogP contribution in [-0.2, 0) is 11.3 Å². The highest BCUT2D eigenvalue weighted by atomic mass is 16.2. The molecule has 5 heterocycles. The lowest BCUT2D eigenvalue weighted by atomic mass is 9.76. The molecule has 6 rings (SSSR count). The molecule has 3 aliphatic heterocycles. The van der Waals surface area contributed by atoms with E-state index in [9.17, 15) is 9.59 Å². The molecule has 7 heteroatoms. The molecule has 0 unspecified atom stereocenters. The number of pyridine rings is 1. The standard InChI is InChI=1S/C25H27N5O2/c31-23-8-4-7-22-20-9-18(14-30(22)23)13-28(15-20)25(32)19-10-21-24(26-11-19)29(16-27-21)12-17-5-2-1-3-6-17/h1-3,5-6,10-11,16,18,20,22H,4,7-9,12-15H2/t18-,20+,22-/m0/s1. The van der Waals surface area contributed by atoms with Crippen molar-refractivity contribution in [2.24, 2.45) is 11.8 Å². The average molecular weight is 430 g/mol. The van der Waals surface area contributed by atoms with E-state index in [1.54, 1.807) is 12.5 Å². The van der Waals surface area contributed by atoms with Crippen molar-refractivity contribution >= 4 is 23.0 Å². The van der Waals surface area contributed by atoms with Gasteiger partial charge < -0.3 is 14.4 Å². The van der Waals surface area contributed by atoms with Crippen LogP contribution in [0.5, 0.6) is 0 Å². The van der Waals surface area contributed by atoms with Crippen LogP contribution >= 0.6 is 0 Å². The predicted molar refractivity (Wildman–Crippen MR) is 120 cm³/mol. The minimum absolute atomic E-state index is 0.0299. The zero-order valence-electron chi connectivity index (χ0n) is 18.1. The summed E-state index contributed by atoms with van der Waals surface area (Å²) in [5.41, 5.74) is 3.31. The molecule has 0 radical (unpaired) electrons. The van der Waals surface area contributed by atoms with Crippen molar-refractivity contribution in [2.45, 2.75) is 38.3 Å². The summed E-state index contributed by atoms with van der Waals surface area (Å²) in [4.78, 5) is 38.9. The Bertz CT molecular complexity index is 1170. The first-order valence-electron chi connectivity index (χ1n) is 11.6. The van der Waals surface area contributed by atoms with E-state index in [1.165, 1.54) is 5.56 Å². The third-order valence-electron chi connectivity index (χ3n) is 7.37. The third-order valence-corrected chi connectivity index (χ3v) is 7.37. The maximum Gasteiger partial charge on any atom is 0.255 e. The molecule has 0 N–H and O–H groups in total. The first-order chi connectivity index (χ1) is 15.7. The van der Waals surface area contributed by atoms with Gasteiger partial charge in [0.1, 0.15) is 5.52 Å². The van der Waals surface area contributed by atoms with Crippen LogP contribution in [0.4, 0.5) is 0 Å². The smallest absolute Gasteiger partial charge is 0.255 e. The van der Waals surface area contributed by atoms with Gasteiger partial charge in [0, 0.05) is 38.3 Å². The minimum atomic E-state index is 0.0299. The van der Waals surface area contributed by atoms with Gasteiger partial charge in [-0.15, -0.1) is 0 Å². The summed E-state index contributed by atoms with van der Waals surface area (Å²) in [6, 6.07) is 12.4. The van der Waals surface area contributed by atoms with Gasteiger partial charge in [0.2, 0.25) is 5.91 Å². The summed E-state index contributed by atoms with van der Waals surface area (Å²) in [6.07, 6.45) is 7.33. The molecule has 2 aromatic heterocycles. The van der Waals surface area contributed by atoms with Crippen molar-refractivity contribution in [2.75, 3.05) is 19.6 Å². The number of hydrogen-bond acceptors (Lipinski definition) is 4. The molecule has 3 aliphatic rings. The molecule has 0 saturated carbocycles. The molecule has 164 valence electrons. The molecule has 0 aliphatic carbocycles. The van der Waals surface area contributed by atoms with Gasteiger partial charge in [-0.2, -0.15) is 0 Å². The van der Waals surface area contributed by atoms with Crippen molar-refractivity contribution in [3.05, 3.63) is 60.0 Å². The van der Waals surface area contributed by atoms with Crippen LogP contribution in [0.3, 0.4) is 0 Å². The van der Waals surface area contributed by atoms with Crippen molar-refractivity contribution < 1.29 is 9.59 Å². The Labute approximate surface area is 187 Å². The Balaban J connectivity index is 1.21. The SMILES string of the molecule is O=C(c1cnc2c(c1)ncn2Cc1ccccc1)N1C[C@@H]2C[C@H](C1)[C@@H]1CCCC(=O)N1C2. The summed E-state index contributed by atoms with van der Waals surface area (Å²) in [5.74, 6) is 1.09. The Hall–Kier alpha value is -3.22. The van der Waals surface area contributed by atoms with E-state index in [4.69, 9.17) is 0 Å². The van der Waals surface area contributed by atoms with Crippen LogP contribution in [0.25, 0.3) is 11.2 Å². The molecule has 3 aromatic rings. The minimum Gasteiger partial charge on any atom is -0.339 e. The number of likely N-dealkylation sites (tertiary alicyclic amines) is 1. The van der Waals surface area contributed by atoms with Gasteiger partial charge in [-0.05, 0) is 42.7 Å². The van der Waals surface area contributed by atoms with E-state index in [-0.39, 0.29) is 5.91 Å². The van der Waals surface area contributed by atoms with E-state index in [2.05, 4.69) is 27.0 Å². The third kappa shape index (κ3) is 3.36. The topological polar surface area (TPSA) is 71.3 Å². The number of amides is 2. The number of piperidine rings is 3. The first-order valence-corrected chi connectivity index (χ1v) is 11.6. The van der Waals surface area contributed by atoms with Gasteiger partial charge in [0.15, 0.2) is 5.65 Å². The number of aromatic nitrogens is 3. The lowest BCUT2D eigenvalue weighted by Crippen LogP contribution is -2.61. The van der Waals surface area contributed by atoms with Gasteiger partial charge in [-0.3, -0.25) is 9.59 Å². The van der Waals surface area contributed by atoms with Crippen molar-refractivity contribution in [3.8, 4) is 0 Å². The van der Waals surface area contributed by atoms with E-state index in [0.29, 0.717) is 48.9 Å². The molecule has 0 spiro atoms. The van der Waals surface area contributed by atoms with Crippen LogP contribution in [0, 0.1) is 11.8 Å². The fraction of sp³-hybridized carbons (Fsp3) is 0.440. The van der Waals surface area contributed by atoms with Gasteiger partial charge in [-0.1, -0.05) is 30.3 Å². The van der Waals surface area contributed by atoms with Crippen LogP contribution in [0.2, 0.25) is 0 Å². The first kappa shape index (κ1) is 19.5. The number of carbonyl (C=O) groups is 2. The second-order valence-electron chi connectivity index (χ2n) is 9.50. The maximum absolute atomic E-state index is 13.4. The van der Waals surface area contributed by atoms with E-state index < -0.39 is 0 Å². The number of rotatable bonds is 3. The zero-order valence-corrected chi connectivity index (χ0v) is 18.1. The number of carbonyl (C=O) groups excluding carboxylic acids is 2. The van der Waals surface area contributed by atoms with Crippen molar-refractivity contribution in [1.82, 2.24) is 24.3 Å². The fourth-order valence-electron chi connectivity index (χ4n) is 5.92. The lowest BCUT2D eigenvalue weighted by molar-refractivity contribution is -0.144. The number of benzene rings is 1. The molecule has 1 aromatic carbocycles. The molecule has 7 nitrogen and oxygen atoms in total. The van der Waals surface area contributed by atoms with Gasteiger partial charge in [0.05, 0.1) is 18.4 Å². The van der Waals surface area contributed by atoms with Crippen LogP contribution in [-0.4, -0.2) is 61.8 Å². The highest BCUT2D eigenvalue weighted by Crippen LogP contribution is 2.38. The van der Waals surface area contributed by atoms with Gasteiger partial charge >= 0.3 is 0 Å². The van der Waals surface area contributed by atoms with E-state index in [0.717, 1.165) is 43.5 Å². The summed E-state index contributed by atoms with van der Waals surface area (Å²) >= 11 is 0. The van der Waals surface area contributed by atoms with Crippen LogP contribution in [0.15, 0.2) is 48.9 Å². The summed E-state index contributed by atoms with van der Waals surface area (Å²) in [6.45, 7) is 2.94. The summed E-state index contributed by atoms with van der Waals surface area (Å²) in [7, 11) is 0. The van der Waals surface area contributed by atoms with Gasteiger partial charge in [0.25, 0.3) is 5.91 Å². The fourth-order valence-corrected chi connectivity index (χ4v) is 5.92. The monoisotopic (exact) mass is 429 g/mol. The average Bonchev–Trinajstić information content (AvgIpc) is 3.22. The number of imidazole rings is 1. The van der Waals surface area contributed by atoms with E-state index in [1.807, 2.05) is 33.7 Å².